The number of hydrogen-bond acceptors (Lipinski definition) is 5. The summed E-state index contributed by atoms with van der Waals surface area (Å²) in [5, 5.41) is 3.95. The van der Waals surface area contributed by atoms with E-state index in [4.69, 9.17) is 15.0 Å². The second kappa shape index (κ2) is 5.25. The molecule has 20 heavy (non-hydrogen) atoms. The molecule has 2 aromatic rings. The summed E-state index contributed by atoms with van der Waals surface area (Å²) < 4.78 is 11.0. The molecule has 0 bridgehead atoms. The Kier molecular flexibility index (Phi) is 3.44. The number of ether oxygens (including phenoxy) is 1. The summed E-state index contributed by atoms with van der Waals surface area (Å²) in [7, 11) is 0. The third-order valence-corrected chi connectivity index (χ3v) is 3.43. The van der Waals surface area contributed by atoms with E-state index in [0.29, 0.717) is 18.3 Å². The fourth-order valence-corrected chi connectivity index (χ4v) is 2.11. The SMILES string of the molecule is Cc1ccc([C@@H](C)N)c(OCc2noc(C3CC3)n2)c1. The maximum Gasteiger partial charge on any atom is 0.229 e. The lowest BCUT2D eigenvalue weighted by atomic mass is 10.1. The monoisotopic (exact) mass is 273 g/mol. The van der Waals surface area contributed by atoms with E-state index in [-0.39, 0.29) is 6.04 Å². The summed E-state index contributed by atoms with van der Waals surface area (Å²) in [6, 6.07) is 5.95. The van der Waals surface area contributed by atoms with Gasteiger partial charge in [0.25, 0.3) is 0 Å². The van der Waals surface area contributed by atoms with Crippen LogP contribution in [0.25, 0.3) is 0 Å². The number of hydrogen-bond donors (Lipinski definition) is 1. The van der Waals surface area contributed by atoms with Crippen molar-refractivity contribution in [2.45, 2.75) is 45.3 Å². The second-order valence-electron chi connectivity index (χ2n) is 5.44. The van der Waals surface area contributed by atoms with Crippen molar-refractivity contribution in [3.63, 3.8) is 0 Å². The molecule has 0 aliphatic heterocycles. The predicted octanol–water partition coefficient (Wildman–Crippen LogP) is 2.85. The molecule has 0 spiro atoms. The number of nitrogens with two attached hydrogens (primary N) is 1. The van der Waals surface area contributed by atoms with Crippen LogP contribution >= 0.6 is 0 Å². The van der Waals surface area contributed by atoms with Gasteiger partial charge in [0.05, 0.1) is 0 Å². The smallest absolute Gasteiger partial charge is 0.229 e. The molecule has 5 heteroatoms. The van der Waals surface area contributed by atoms with Gasteiger partial charge >= 0.3 is 0 Å². The number of nitrogens with zero attached hydrogens (tertiary/aromatic N) is 2. The van der Waals surface area contributed by atoms with Gasteiger partial charge in [-0.05, 0) is 38.3 Å². The van der Waals surface area contributed by atoms with Crippen LogP contribution in [0.4, 0.5) is 0 Å². The first-order valence-electron chi connectivity index (χ1n) is 6.95. The Morgan fingerprint density at radius 1 is 1.45 bits per heavy atom. The van der Waals surface area contributed by atoms with Crippen LogP contribution in [-0.2, 0) is 6.61 Å². The minimum absolute atomic E-state index is 0.0714. The molecule has 0 saturated heterocycles. The number of benzene rings is 1. The van der Waals surface area contributed by atoms with Crippen molar-refractivity contribution in [1.82, 2.24) is 10.1 Å². The van der Waals surface area contributed by atoms with Crippen molar-refractivity contribution in [1.29, 1.82) is 0 Å². The molecule has 2 N–H and O–H groups in total. The summed E-state index contributed by atoms with van der Waals surface area (Å²) in [5.41, 5.74) is 8.08. The first-order valence-corrected chi connectivity index (χ1v) is 6.95. The van der Waals surface area contributed by atoms with Crippen LogP contribution in [-0.4, -0.2) is 10.1 Å². The molecule has 1 aliphatic rings. The van der Waals surface area contributed by atoms with Crippen LogP contribution in [0.3, 0.4) is 0 Å². The molecule has 1 saturated carbocycles. The zero-order valence-electron chi connectivity index (χ0n) is 11.8. The molecule has 106 valence electrons. The van der Waals surface area contributed by atoms with E-state index < -0.39 is 0 Å². The topological polar surface area (TPSA) is 74.2 Å². The van der Waals surface area contributed by atoms with Gasteiger partial charge in [0.1, 0.15) is 5.75 Å². The lowest BCUT2D eigenvalue weighted by Gasteiger charge is -2.13. The first-order chi connectivity index (χ1) is 9.63. The Labute approximate surface area is 118 Å². The first kappa shape index (κ1) is 13.1. The number of aromatic nitrogens is 2. The Balaban J connectivity index is 1.71. The van der Waals surface area contributed by atoms with E-state index >= 15 is 0 Å². The van der Waals surface area contributed by atoms with Crippen molar-refractivity contribution in [3.05, 3.63) is 41.0 Å². The maximum absolute atomic E-state index is 5.96. The molecular formula is C15H19N3O2. The molecule has 1 aliphatic carbocycles. The highest BCUT2D eigenvalue weighted by molar-refractivity contribution is 5.38. The quantitative estimate of drug-likeness (QED) is 0.906. The minimum atomic E-state index is -0.0714. The van der Waals surface area contributed by atoms with Crippen LogP contribution in [0.1, 0.15) is 54.6 Å². The van der Waals surface area contributed by atoms with Crippen molar-refractivity contribution < 1.29 is 9.26 Å². The maximum atomic E-state index is 5.96. The summed E-state index contributed by atoms with van der Waals surface area (Å²) in [6.07, 6.45) is 2.30. The van der Waals surface area contributed by atoms with Crippen molar-refractivity contribution >= 4 is 0 Å². The molecule has 0 unspecified atom stereocenters. The normalized spacial score (nSPS) is 16.1. The van der Waals surface area contributed by atoms with Crippen molar-refractivity contribution in [3.8, 4) is 5.75 Å². The Bertz CT molecular complexity index is 603. The molecular weight excluding hydrogens is 254 g/mol. The lowest BCUT2D eigenvalue weighted by molar-refractivity contribution is 0.281. The van der Waals surface area contributed by atoms with Gasteiger partial charge < -0.3 is 15.0 Å². The number of rotatable bonds is 5. The fourth-order valence-electron chi connectivity index (χ4n) is 2.11. The van der Waals surface area contributed by atoms with Gasteiger partial charge in [-0.3, -0.25) is 0 Å². The summed E-state index contributed by atoms with van der Waals surface area (Å²) >= 11 is 0. The molecule has 1 atom stereocenters. The fraction of sp³-hybridized carbons (Fsp3) is 0.467. The molecule has 1 aromatic heterocycles. The van der Waals surface area contributed by atoms with E-state index in [0.717, 1.165) is 35.6 Å². The van der Waals surface area contributed by atoms with Crippen LogP contribution in [0, 0.1) is 6.92 Å². The summed E-state index contributed by atoms with van der Waals surface area (Å²) in [5.74, 6) is 2.58. The van der Waals surface area contributed by atoms with E-state index in [1.54, 1.807) is 0 Å². The molecule has 1 heterocycles. The Hall–Kier alpha value is -1.88. The Morgan fingerprint density at radius 2 is 2.25 bits per heavy atom. The van der Waals surface area contributed by atoms with Gasteiger partial charge in [0.15, 0.2) is 6.61 Å². The van der Waals surface area contributed by atoms with Crippen molar-refractivity contribution in [2.24, 2.45) is 5.73 Å². The molecule has 5 nitrogen and oxygen atoms in total. The average Bonchev–Trinajstić information content (AvgIpc) is 3.15. The van der Waals surface area contributed by atoms with Crippen LogP contribution in [0.5, 0.6) is 5.75 Å². The zero-order chi connectivity index (χ0) is 14.1. The van der Waals surface area contributed by atoms with Gasteiger partial charge in [0.2, 0.25) is 11.7 Å². The van der Waals surface area contributed by atoms with Crippen molar-refractivity contribution in [2.75, 3.05) is 0 Å². The molecule has 0 amide bonds. The average molecular weight is 273 g/mol. The molecule has 1 aromatic carbocycles. The summed E-state index contributed by atoms with van der Waals surface area (Å²) in [4.78, 5) is 4.35. The Morgan fingerprint density at radius 3 is 2.95 bits per heavy atom. The minimum Gasteiger partial charge on any atom is -0.485 e. The molecule has 1 fully saturated rings. The van der Waals surface area contributed by atoms with Gasteiger partial charge in [-0.1, -0.05) is 17.3 Å². The highest BCUT2D eigenvalue weighted by Crippen LogP contribution is 2.38. The van der Waals surface area contributed by atoms with Crippen LogP contribution < -0.4 is 10.5 Å². The standard InChI is InChI=1S/C15H19N3O2/c1-9-3-6-12(10(2)16)13(7-9)19-8-14-17-15(20-18-14)11-4-5-11/h3,6-7,10-11H,4-5,8,16H2,1-2H3/t10-/m1/s1. The van der Waals surface area contributed by atoms with Gasteiger partial charge in [-0.2, -0.15) is 4.98 Å². The largest absolute Gasteiger partial charge is 0.485 e. The van der Waals surface area contributed by atoms with E-state index in [2.05, 4.69) is 10.1 Å². The summed E-state index contributed by atoms with van der Waals surface area (Å²) in [6.45, 7) is 4.27. The van der Waals surface area contributed by atoms with Gasteiger partial charge in [-0.25, -0.2) is 0 Å². The zero-order valence-corrected chi connectivity index (χ0v) is 11.8. The van der Waals surface area contributed by atoms with Crippen LogP contribution in [0.15, 0.2) is 22.7 Å². The predicted molar refractivity (Wildman–Crippen MR) is 74.4 cm³/mol. The van der Waals surface area contributed by atoms with Gasteiger partial charge in [0, 0.05) is 17.5 Å². The van der Waals surface area contributed by atoms with Gasteiger partial charge in [-0.15, -0.1) is 0 Å². The van der Waals surface area contributed by atoms with E-state index in [1.165, 1.54) is 0 Å². The second-order valence-corrected chi connectivity index (χ2v) is 5.44. The highest BCUT2D eigenvalue weighted by atomic mass is 16.5. The lowest BCUT2D eigenvalue weighted by Crippen LogP contribution is -2.08. The third-order valence-electron chi connectivity index (χ3n) is 3.43. The van der Waals surface area contributed by atoms with E-state index in [9.17, 15) is 0 Å². The molecule has 0 radical (unpaired) electrons. The third kappa shape index (κ3) is 2.82. The highest BCUT2D eigenvalue weighted by Gasteiger charge is 2.29. The molecule has 3 rings (SSSR count). The van der Waals surface area contributed by atoms with Crippen LogP contribution in [0.2, 0.25) is 0 Å². The van der Waals surface area contributed by atoms with E-state index in [1.807, 2.05) is 32.0 Å². The number of aryl methyl sites for hydroxylation is 1.